The fourth-order valence-electron chi connectivity index (χ4n) is 3.48. The number of ether oxygens (including phenoxy) is 2. The zero-order valence-corrected chi connectivity index (χ0v) is 16.5. The number of methoxy groups -OCH3 is 2. The molecule has 0 fully saturated rings. The summed E-state index contributed by atoms with van der Waals surface area (Å²) in [5, 5.41) is 0.534. The van der Waals surface area contributed by atoms with Gasteiger partial charge in [-0.2, -0.15) is 0 Å². The molecule has 1 heterocycles. The topological polar surface area (TPSA) is 48.7 Å². The van der Waals surface area contributed by atoms with Crippen molar-refractivity contribution in [3.63, 3.8) is 0 Å². The van der Waals surface area contributed by atoms with Crippen LogP contribution in [0.4, 0.5) is 0 Å². The van der Waals surface area contributed by atoms with Gasteiger partial charge in [-0.15, -0.1) is 0 Å². The summed E-state index contributed by atoms with van der Waals surface area (Å²) < 4.78 is 16.4. The molecule has 4 heteroatoms. The zero-order chi connectivity index (χ0) is 20.2. The lowest BCUT2D eigenvalue weighted by Gasteiger charge is -2.11. The van der Waals surface area contributed by atoms with Gasteiger partial charge in [0.1, 0.15) is 22.8 Å². The molecule has 4 rings (SSSR count). The summed E-state index contributed by atoms with van der Waals surface area (Å²) in [5.74, 6) is 2.16. The van der Waals surface area contributed by atoms with Crippen LogP contribution in [0.25, 0.3) is 22.1 Å². The molecule has 0 radical (unpaired) electrons. The van der Waals surface area contributed by atoms with Crippen molar-refractivity contribution in [1.82, 2.24) is 0 Å². The van der Waals surface area contributed by atoms with E-state index in [2.05, 4.69) is 24.3 Å². The van der Waals surface area contributed by atoms with E-state index in [1.165, 1.54) is 11.1 Å². The van der Waals surface area contributed by atoms with Crippen LogP contribution in [-0.2, 0) is 12.8 Å². The molecule has 0 amide bonds. The summed E-state index contributed by atoms with van der Waals surface area (Å²) in [6, 6.07) is 23.2. The highest BCUT2D eigenvalue weighted by Gasteiger charge is 2.09. The first-order chi connectivity index (χ1) is 14.2. The summed E-state index contributed by atoms with van der Waals surface area (Å²) in [5.41, 5.74) is 4.03. The second-order valence-electron chi connectivity index (χ2n) is 6.82. The van der Waals surface area contributed by atoms with Crippen LogP contribution in [-0.4, -0.2) is 14.2 Å². The van der Waals surface area contributed by atoms with Crippen molar-refractivity contribution in [2.24, 2.45) is 0 Å². The SMILES string of the molecule is COc1ccc(-c2ccccc2CCc2cc(=O)c3cc(OC)ccc3o2)cc1. The lowest BCUT2D eigenvalue weighted by atomic mass is 9.96. The van der Waals surface area contributed by atoms with Crippen molar-refractivity contribution in [3.05, 3.63) is 94.3 Å². The van der Waals surface area contributed by atoms with Crippen LogP contribution >= 0.6 is 0 Å². The van der Waals surface area contributed by atoms with Gasteiger partial charge in [-0.3, -0.25) is 4.79 Å². The first-order valence-corrected chi connectivity index (χ1v) is 9.51. The van der Waals surface area contributed by atoms with Gasteiger partial charge in [0.15, 0.2) is 5.43 Å². The largest absolute Gasteiger partial charge is 0.497 e. The molecule has 0 spiro atoms. The third-order valence-electron chi connectivity index (χ3n) is 5.04. The van der Waals surface area contributed by atoms with Crippen molar-refractivity contribution in [3.8, 4) is 22.6 Å². The number of fused-ring (bicyclic) bond motifs is 1. The maximum absolute atomic E-state index is 12.5. The van der Waals surface area contributed by atoms with E-state index in [1.807, 2.05) is 24.3 Å². The number of hydrogen-bond acceptors (Lipinski definition) is 4. The molecular weight excluding hydrogens is 364 g/mol. The monoisotopic (exact) mass is 386 g/mol. The molecule has 146 valence electrons. The summed E-state index contributed by atoms with van der Waals surface area (Å²) in [6.45, 7) is 0. The molecule has 0 atom stereocenters. The van der Waals surface area contributed by atoms with E-state index in [0.717, 1.165) is 17.7 Å². The molecule has 4 nitrogen and oxygen atoms in total. The molecule has 0 bridgehead atoms. The van der Waals surface area contributed by atoms with E-state index in [1.54, 1.807) is 38.5 Å². The van der Waals surface area contributed by atoms with Crippen LogP contribution in [0, 0.1) is 0 Å². The highest BCUT2D eigenvalue weighted by atomic mass is 16.5. The van der Waals surface area contributed by atoms with Crippen LogP contribution in [0.15, 0.2) is 82.0 Å². The lowest BCUT2D eigenvalue weighted by Crippen LogP contribution is -2.04. The van der Waals surface area contributed by atoms with Gasteiger partial charge in [0, 0.05) is 12.5 Å². The first-order valence-electron chi connectivity index (χ1n) is 9.51. The quantitative estimate of drug-likeness (QED) is 0.453. The fraction of sp³-hybridized carbons (Fsp3) is 0.160. The Morgan fingerprint density at radius 1 is 0.793 bits per heavy atom. The average Bonchev–Trinajstić information content (AvgIpc) is 2.78. The van der Waals surface area contributed by atoms with Crippen molar-refractivity contribution < 1.29 is 13.9 Å². The molecule has 1 aromatic heterocycles. The molecule has 0 aliphatic carbocycles. The Morgan fingerprint density at radius 2 is 1.52 bits per heavy atom. The van der Waals surface area contributed by atoms with Gasteiger partial charge in [-0.25, -0.2) is 0 Å². The average molecular weight is 386 g/mol. The summed E-state index contributed by atoms with van der Waals surface area (Å²) >= 11 is 0. The Kier molecular flexibility index (Phi) is 5.34. The van der Waals surface area contributed by atoms with Gasteiger partial charge in [0.25, 0.3) is 0 Å². The summed E-state index contributed by atoms with van der Waals surface area (Å²) in [6.07, 6.45) is 1.41. The molecule has 4 aromatic rings. The van der Waals surface area contributed by atoms with E-state index in [9.17, 15) is 4.79 Å². The van der Waals surface area contributed by atoms with Crippen molar-refractivity contribution in [2.45, 2.75) is 12.8 Å². The van der Waals surface area contributed by atoms with Gasteiger partial charge in [-0.1, -0.05) is 36.4 Å². The number of rotatable bonds is 6. The minimum Gasteiger partial charge on any atom is -0.497 e. The van der Waals surface area contributed by atoms with Crippen molar-refractivity contribution in [1.29, 1.82) is 0 Å². The van der Waals surface area contributed by atoms with Crippen LogP contribution in [0.2, 0.25) is 0 Å². The van der Waals surface area contributed by atoms with Crippen LogP contribution in [0.3, 0.4) is 0 Å². The van der Waals surface area contributed by atoms with E-state index < -0.39 is 0 Å². The standard InChI is InChI=1S/C25H22O4/c1-27-19-10-7-18(8-11-19)22-6-4-3-5-17(22)9-12-21-16-24(26)23-15-20(28-2)13-14-25(23)29-21/h3-8,10-11,13-16H,9,12H2,1-2H3. The molecule has 0 N–H and O–H groups in total. The van der Waals surface area contributed by atoms with Crippen LogP contribution in [0.5, 0.6) is 11.5 Å². The molecule has 29 heavy (non-hydrogen) atoms. The highest BCUT2D eigenvalue weighted by Crippen LogP contribution is 2.27. The van der Waals surface area contributed by atoms with Crippen molar-refractivity contribution >= 4 is 11.0 Å². The molecule has 0 aliphatic heterocycles. The molecule has 0 saturated heterocycles. The molecule has 0 saturated carbocycles. The zero-order valence-electron chi connectivity index (χ0n) is 16.5. The highest BCUT2D eigenvalue weighted by molar-refractivity contribution is 5.78. The predicted octanol–water partition coefficient (Wildman–Crippen LogP) is 5.26. The minimum atomic E-state index is -0.0522. The van der Waals surface area contributed by atoms with Crippen LogP contribution in [0.1, 0.15) is 11.3 Å². The summed E-state index contributed by atoms with van der Waals surface area (Å²) in [4.78, 5) is 12.5. The third-order valence-corrected chi connectivity index (χ3v) is 5.04. The first kappa shape index (κ1) is 18.8. The molecule has 0 unspecified atom stereocenters. The normalized spacial score (nSPS) is 10.8. The maximum Gasteiger partial charge on any atom is 0.193 e. The second kappa shape index (κ2) is 8.23. The third kappa shape index (κ3) is 4.02. The van der Waals surface area contributed by atoms with Gasteiger partial charge >= 0.3 is 0 Å². The Labute approximate surface area is 169 Å². The predicted molar refractivity (Wildman–Crippen MR) is 115 cm³/mol. The van der Waals surface area contributed by atoms with Gasteiger partial charge in [0.2, 0.25) is 0 Å². The lowest BCUT2D eigenvalue weighted by molar-refractivity contribution is 0.415. The Bertz CT molecular complexity index is 1190. The van der Waals surface area contributed by atoms with Gasteiger partial charge in [0.05, 0.1) is 19.6 Å². The van der Waals surface area contributed by atoms with Crippen LogP contribution < -0.4 is 14.9 Å². The van der Waals surface area contributed by atoms with E-state index >= 15 is 0 Å². The van der Waals surface area contributed by atoms with E-state index in [4.69, 9.17) is 13.9 Å². The summed E-state index contributed by atoms with van der Waals surface area (Å²) in [7, 11) is 3.24. The number of benzene rings is 3. The maximum atomic E-state index is 12.5. The van der Waals surface area contributed by atoms with Gasteiger partial charge < -0.3 is 13.9 Å². The second-order valence-corrected chi connectivity index (χ2v) is 6.82. The molecule has 0 aliphatic rings. The van der Waals surface area contributed by atoms with E-state index in [0.29, 0.717) is 28.9 Å². The smallest absolute Gasteiger partial charge is 0.193 e. The Balaban J connectivity index is 1.60. The number of hydrogen-bond donors (Lipinski definition) is 0. The molecule has 3 aromatic carbocycles. The number of aryl methyl sites for hydroxylation is 2. The van der Waals surface area contributed by atoms with E-state index in [-0.39, 0.29) is 5.43 Å². The molecular formula is C25H22O4. The Morgan fingerprint density at radius 3 is 2.28 bits per heavy atom. The fourth-order valence-corrected chi connectivity index (χ4v) is 3.48. The minimum absolute atomic E-state index is 0.0522. The van der Waals surface area contributed by atoms with Crippen molar-refractivity contribution in [2.75, 3.05) is 14.2 Å². The Hall–Kier alpha value is -3.53. The van der Waals surface area contributed by atoms with Gasteiger partial charge in [-0.05, 0) is 53.4 Å².